The molecule has 9 nitrogen and oxygen atoms in total. The van der Waals surface area contributed by atoms with Gasteiger partial charge in [0.1, 0.15) is 17.9 Å². The van der Waals surface area contributed by atoms with Crippen molar-refractivity contribution in [3.8, 4) is 16.9 Å². The molecular formula is C21H19FN6O3S. The van der Waals surface area contributed by atoms with Crippen molar-refractivity contribution >= 4 is 27.3 Å². The molecule has 32 heavy (non-hydrogen) atoms. The van der Waals surface area contributed by atoms with Crippen LogP contribution >= 0.6 is 0 Å². The number of aromatic nitrogens is 4. The molecule has 0 radical (unpaired) electrons. The summed E-state index contributed by atoms with van der Waals surface area (Å²) in [7, 11) is -3.59. The van der Waals surface area contributed by atoms with E-state index in [9.17, 15) is 12.8 Å². The number of hydrogen-bond donors (Lipinski definition) is 2. The Bertz CT molecular complexity index is 1440. The summed E-state index contributed by atoms with van der Waals surface area (Å²) in [6.45, 7) is 1.23. The Labute approximate surface area is 183 Å². The maximum absolute atomic E-state index is 14.5. The third kappa shape index (κ3) is 3.82. The summed E-state index contributed by atoms with van der Waals surface area (Å²) in [5, 5.41) is 11.4. The first-order chi connectivity index (χ1) is 15.4. The largest absolute Gasteiger partial charge is 0.493 e. The Balaban J connectivity index is 1.44. The average molecular weight is 454 g/mol. The molecule has 2 aromatic heterocycles. The number of fused-ring (bicyclic) bond motifs is 2. The number of nitrogens with one attached hydrogen (secondary N) is 2. The Hall–Kier alpha value is -3.73. The van der Waals surface area contributed by atoms with Gasteiger partial charge in [-0.15, -0.1) is 10.2 Å². The smallest absolute Gasteiger partial charge is 0.229 e. The minimum Gasteiger partial charge on any atom is -0.493 e. The quantitative estimate of drug-likeness (QED) is 0.461. The van der Waals surface area contributed by atoms with Gasteiger partial charge in [-0.3, -0.25) is 9.12 Å². The molecular weight excluding hydrogens is 435 g/mol. The molecule has 11 heteroatoms. The van der Waals surface area contributed by atoms with Crippen LogP contribution in [0.4, 0.5) is 16.0 Å². The van der Waals surface area contributed by atoms with E-state index in [1.54, 1.807) is 16.7 Å². The Morgan fingerprint density at radius 1 is 1.25 bits per heavy atom. The lowest BCUT2D eigenvalue weighted by Crippen LogP contribution is -2.11. The van der Waals surface area contributed by atoms with E-state index in [0.717, 1.165) is 24.0 Å². The van der Waals surface area contributed by atoms with Gasteiger partial charge < -0.3 is 10.1 Å². The van der Waals surface area contributed by atoms with Crippen LogP contribution in [0.1, 0.15) is 11.1 Å². The molecule has 164 valence electrons. The Kier molecular flexibility index (Phi) is 4.89. The topological polar surface area (TPSA) is 111 Å². The van der Waals surface area contributed by atoms with Crippen LogP contribution in [-0.4, -0.2) is 40.9 Å². The molecule has 0 spiro atoms. The van der Waals surface area contributed by atoms with Gasteiger partial charge >= 0.3 is 0 Å². The molecule has 0 aliphatic carbocycles. The highest BCUT2D eigenvalue weighted by Gasteiger charge is 2.17. The molecule has 1 aliphatic rings. The maximum Gasteiger partial charge on any atom is 0.229 e. The first kappa shape index (κ1) is 20.2. The number of halogens is 1. The molecule has 0 fully saturated rings. The first-order valence-corrected chi connectivity index (χ1v) is 11.7. The molecule has 2 aromatic carbocycles. The second kappa shape index (κ2) is 7.75. The molecule has 0 unspecified atom stereocenters. The Morgan fingerprint density at radius 3 is 2.94 bits per heavy atom. The molecule has 0 atom stereocenters. The van der Waals surface area contributed by atoms with Crippen LogP contribution in [0.15, 0.2) is 48.9 Å². The van der Waals surface area contributed by atoms with Crippen LogP contribution in [0.2, 0.25) is 0 Å². The lowest BCUT2D eigenvalue weighted by Gasteiger charge is -2.12. The highest BCUT2D eigenvalue weighted by molar-refractivity contribution is 7.92. The third-order valence-corrected chi connectivity index (χ3v) is 5.78. The van der Waals surface area contributed by atoms with Crippen molar-refractivity contribution in [1.82, 2.24) is 19.6 Å². The Morgan fingerprint density at radius 2 is 2.12 bits per heavy atom. The average Bonchev–Trinajstić information content (AvgIpc) is 3.42. The van der Waals surface area contributed by atoms with E-state index in [2.05, 4.69) is 25.2 Å². The summed E-state index contributed by atoms with van der Waals surface area (Å²) < 4.78 is 46.7. The number of nitrogens with zero attached hydrogens (tertiary/aromatic N) is 4. The van der Waals surface area contributed by atoms with Crippen LogP contribution in [0.25, 0.3) is 16.8 Å². The van der Waals surface area contributed by atoms with Crippen LogP contribution in [0.3, 0.4) is 0 Å². The maximum atomic E-state index is 14.5. The second-order valence-corrected chi connectivity index (χ2v) is 9.18. The summed E-state index contributed by atoms with van der Waals surface area (Å²) >= 11 is 0. The first-order valence-electron chi connectivity index (χ1n) is 9.83. The van der Waals surface area contributed by atoms with Crippen LogP contribution in [0.5, 0.6) is 5.75 Å². The number of rotatable bonds is 6. The highest BCUT2D eigenvalue weighted by atomic mass is 32.2. The van der Waals surface area contributed by atoms with Gasteiger partial charge in [-0.1, -0.05) is 18.2 Å². The van der Waals surface area contributed by atoms with E-state index in [1.165, 1.54) is 24.0 Å². The highest BCUT2D eigenvalue weighted by Crippen LogP contribution is 2.30. The molecule has 4 aromatic rings. The van der Waals surface area contributed by atoms with Crippen molar-refractivity contribution in [3.63, 3.8) is 0 Å². The van der Waals surface area contributed by atoms with Crippen molar-refractivity contribution in [2.75, 3.05) is 22.9 Å². The normalized spacial score (nSPS) is 13.1. The molecule has 0 saturated carbocycles. The number of benzene rings is 2. The number of sulfonamides is 1. The van der Waals surface area contributed by atoms with Crippen molar-refractivity contribution < 1.29 is 17.5 Å². The second-order valence-electron chi connectivity index (χ2n) is 7.43. The van der Waals surface area contributed by atoms with E-state index in [4.69, 9.17) is 4.74 Å². The SMILES string of the molecule is CS(=O)(=O)Nc1ccc(-c2cnc(NCc3cccc4c3CCO4)n3cnnc23)cc1F. The van der Waals surface area contributed by atoms with E-state index < -0.39 is 15.8 Å². The van der Waals surface area contributed by atoms with Gasteiger partial charge in [0.2, 0.25) is 16.0 Å². The van der Waals surface area contributed by atoms with E-state index >= 15 is 0 Å². The lowest BCUT2D eigenvalue weighted by atomic mass is 10.1. The summed E-state index contributed by atoms with van der Waals surface area (Å²) in [6.07, 6.45) is 4.95. The summed E-state index contributed by atoms with van der Waals surface area (Å²) in [5.74, 6) is 0.756. The van der Waals surface area contributed by atoms with Crippen molar-refractivity contribution in [2.45, 2.75) is 13.0 Å². The van der Waals surface area contributed by atoms with E-state index in [-0.39, 0.29) is 5.69 Å². The zero-order chi connectivity index (χ0) is 22.3. The summed E-state index contributed by atoms with van der Waals surface area (Å²) in [6, 6.07) is 10.2. The molecule has 1 aliphatic heterocycles. The summed E-state index contributed by atoms with van der Waals surface area (Å²) in [4.78, 5) is 4.48. The standard InChI is InChI=1S/C21H19FN6O3S/c1-32(29,30)27-18-6-5-13(9-17(18)22)16-11-24-21(28-12-25-26-20(16)28)23-10-14-3-2-4-19-15(14)7-8-31-19/h2-6,9,11-12,27H,7-8,10H2,1H3,(H,23,24). The van der Waals surface area contributed by atoms with E-state index in [1.807, 2.05) is 18.2 Å². The van der Waals surface area contributed by atoms with Gasteiger partial charge in [0.15, 0.2) is 5.65 Å². The third-order valence-electron chi connectivity index (χ3n) is 5.18. The zero-order valence-electron chi connectivity index (χ0n) is 17.0. The van der Waals surface area contributed by atoms with Gasteiger partial charge in [-0.05, 0) is 29.3 Å². The van der Waals surface area contributed by atoms with Gasteiger partial charge in [0.25, 0.3) is 0 Å². The fourth-order valence-electron chi connectivity index (χ4n) is 3.75. The molecule has 2 N–H and O–H groups in total. The van der Waals surface area contributed by atoms with Crippen molar-refractivity contribution in [2.24, 2.45) is 0 Å². The monoisotopic (exact) mass is 454 g/mol. The molecule has 5 rings (SSSR count). The minimum absolute atomic E-state index is 0.126. The van der Waals surface area contributed by atoms with Crippen LogP contribution in [0, 0.1) is 5.82 Å². The van der Waals surface area contributed by atoms with Crippen LogP contribution in [-0.2, 0) is 23.0 Å². The fraction of sp³-hybridized carbons (Fsp3) is 0.190. The molecule has 3 heterocycles. The fourth-order valence-corrected chi connectivity index (χ4v) is 4.32. The van der Waals surface area contributed by atoms with Crippen molar-refractivity contribution in [1.29, 1.82) is 0 Å². The van der Waals surface area contributed by atoms with Gasteiger partial charge in [0.05, 0.1) is 18.6 Å². The van der Waals surface area contributed by atoms with Gasteiger partial charge in [0, 0.05) is 30.3 Å². The summed E-state index contributed by atoms with van der Waals surface area (Å²) in [5.41, 5.74) is 3.74. The van der Waals surface area contributed by atoms with E-state index in [0.29, 0.717) is 35.9 Å². The van der Waals surface area contributed by atoms with Gasteiger partial charge in [-0.25, -0.2) is 17.8 Å². The number of ether oxygens (including phenoxy) is 1. The predicted molar refractivity (Wildman–Crippen MR) is 118 cm³/mol. The lowest BCUT2D eigenvalue weighted by molar-refractivity contribution is 0.357. The number of anilines is 2. The molecule has 0 saturated heterocycles. The zero-order valence-corrected chi connectivity index (χ0v) is 17.9. The minimum atomic E-state index is -3.59. The van der Waals surface area contributed by atoms with Gasteiger partial charge in [-0.2, -0.15) is 0 Å². The molecule has 0 bridgehead atoms. The predicted octanol–water partition coefficient (Wildman–Crippen LogP) is 2.85. The number of hydrogen-bond acceptors (Lipinski definition) is 7. The van der Waals surface area contributed by atoms with Crippen LogP contribution < -0.4 is 14.8 Å². The van der Waals surface area contributed by atoms with Crippen molar-refractivity contribution in [3.05, 3.63) is 65.9 Å². The molecule has 0 amide bonds.